The van der Waals surface area contributed by atoms with Gasteiger partial charge in [-0.2, -0.15) is 0 Å². The predicted molar refractivity (Wildman–Crippen MR) is 82.4 cm³/mol. The van der Waals surface area contributed by atoms with Gasteiger partial charge in [-0.1, -0.05) is 6.07 Å². The van der Waals surface area contributed by atoms with E-state index in [0.29, 0.717) is 0 Å². The molecule has 1 atom stereocenters. The molecule has 3 rings (SSSR count). The number of aromatic amines is 1. The van der Waals surface area contributed by atoms with Crippen LogP contribution in [0.15, 0.2) is 41.9 Å². The number of halogens is 1. The molecular formula is C14H15ClN2OS. The maximum atomic E-state index is 6.31. The minimum atomic E-state index is -0.0918. The number of hydrogen-bond acceptors (Lipinski definition) is 3. The summed E-state index contributed by atoms with van der Waals surface area (Å²) in [6, 6.07) is 9.97. The zero-order valence-corrected chi connectivity index (χ0v) is 12.1. The van der Waals surface area contributed by atoms with Crippen LogP contribution in [0.1, 0.15) is 16.5 Å². The Bertz CT molecular complexity index is 663. The second-order valence-electron chi connectivity index (χ2n) is 4.15. The average molecular weight is 295 g/mol. The first-order valence-electron chi connectivity index (χ1n) is 5.73. The first kappa shape index (κ1) is 13.9. The van der Waals surface area contributed by atoms with Crippen molar-refractivity contribution in [3.05, 3.63) is 52.3 Å². The Morgan fingerprint density at radius 1 is 1.32 bits per heavy atom. The molecule has 0 bridgehead atoms. The van der Waals surface area contributed by atoms with E-state index >= 15 is 0 Å². The van der Waals surface area contributed by atoms with Crippen molar-refractivity contribution in [1.29, 1.82) is 0 Å². The highest BCUT2D eigenvalue weighted by atomic mass is 35.5. The van der Waals surface area contributed by atoms with E-state index in [9.17, 15) is 0 Å². The molecule has 0 saturated heterocycles. The molecule has 3 N–H and O–H groups in total. The monoisotopic (exact) mass is 294 g/mol. The molecule has 0 fully saturated rings. The van der Waals surface area contributed by atoms with E-state index in [4.69, 9.17) is 10.5 Å². The third-order valence-electron chi connectivity index (χ3n) is 3.11. The summed E-state index contributed by atoms with van der Waals surface area (Å²) >= 11 is 1.68. The van der Waals surface area contributed by atoms with Crippen LogP contribution in [0, 0.1) is 0 Å². The van der Waals surface area contributed by atoms with Crippen molar-refractivity contribution < 1.29 is 4.74 Å². The lowest BCUT2D eigenvalue weighted by Gasteiger charge is -2.08. The molecule has 0 saturated carbocycles. The Hall–Kier alpha value is -1.49. The van der Waals surface area contributed by atoms with Gasteiger partial charge in [-0.05, 0) is 35.2 Å². The Morgan fingerprint density at radius 3 is 2.84 bits per heavy atom. The zero-order valence-electron chi connectivity index (χ0n) is 10.4. The minimum absolute atomic E-state index is 0. The molecular weight excluding hydrogens is 280 g/mol. The lowest BCUT2D eigenvalue weighted by Crippen LogP contribution is -2.09. The number of benzene rings is 1. The smallest absolute Gasteiger partial charge is 0.119 e. The van der Waals surface area contributed by atoms with E-state index in [0.717, 1.165) is 22.2 Å². The van der Waals surface area contributed by atoms with Crippen molar-refractivity contribution in [3.8, 4) is 5.75 Å². The average Bonchev–Trinajstić information content (AvgIpc) is 3.06. The van der Waals surface area contributed by atoms with E-state index < -0.39 is 0 Å². The number of methoxy groups -OCH3 is 1. The number of fused-ring (bicyclic) bond motifs is 1. The molecule has 0 unspecified atom stereocenters. The van der Waals surface area contributed by atoms with Crippen LogP contribution < -0.4 is 10.5 Å². The number of hydrogen-bond donors (Lipinski definition) is 2. The molecule has 3 aromatic rings. The summed E-state index contributed by atoms with van der Waals surface area (Å²) in [5, 5.41) is 3.17. The van der Waals surface area contributed by atoms with Gasteiger partial charge in [0.2, 0.25) is 0 Å². The first-order valence-corrected chi connectivity index (χ1v) is 6.61. The number of ether oxygens (including phenoxy) is 1. The van der Waals surface area contributed by atoms with E-state index in [2.05, 4.69) is 11.1 Å². The first-order chi connectivity index (χ1) is 8.79. The van der Waals surface area contributed by atoms with E-state index in [1.807, 2.05) is 35.8 Å². The summed E-state index contributed by atoms with van der Waals surface area (Å²) < 4.78 is 5.27. The van der Waals surface area contributed by atoms with Crippen LogP contribution in [-0.4, -0.2) is 12.1 Å². The fraction of sp³-hybridized carbons (Fsp3) is 0.143. The molecule has 5 heteroatoms. The minimum Gasteiger partial charge on any atom is -0.497 e. The van der Waals surface area contributed by atoms with Gasteiger partial charge in [-0.15, -0.1) is 23.7 Å². The van der Waals surface area contributed by atoms with Crippen LogP contribution in [-0.2, 0) is 0 Å². The Kier molecular flexibility index (Phi) is 4.14. The van der Waals surface area contributed by atoms with Crippen molar-refractivity contribution in [3.63, 3.8) is 0 Å². The summed E-state index contributed by atoms with van der Waals surface area (Å²) in [6.45, 7) is 0. The highest BCUT2D eigenvalue weighted by Crippen LogP contribution is 2.31. The fourth-order valence-electron chi connectivity index (χ4n) is 2.13. The van der Waals surface area contributed by atoms with Crippen molar-refractivity contribution in [1.82, 2.24) is 4.98 Å². The molecule has 100 valence electrons. The molecule has 19 heavy (non-hydrogen) atoms. The van der Waals surface area contributed by atoms with Gasteiger partial charge in [-0.25, -0.2) is 0 Å². The second kappa shape index (κ2) is 5.65. The molecule has 3 nitrogen and oxygen atoms in total. The highest BCUT2D eigenvalue weighted by molar-refractivity contribution is 7.10. The summed E-state index contributed by atoms with van der Waals surface area (Å²) in [4.78, 5) is 4.42. The number of rotatable bonds is 3. The topological polar surface area (TPSA) is 51.0 Å². The van der Waals surface area contributed by atoms with E-state index in [1.54, 1.807) is 18.4 Å². The molecule has 0 aliphatic rings. The standard InChI is InChI=1S/C14H14N2OS.ClH/c1-17-9-4-5-12-10(7-9)11(8-16-12)14(15)13-3-2-6-18-13;/h2-8,14,16H,15H2,1H3;1H/t14-;/m1./s1. The van der Waals surface area contributed by atoms with Crippen LogP contribution in [0.25, 0.3) is 10.9 Å². The van der Waals surface area contributed by atoms with Crippen LogP contribution in [0.3, 0.4) is 0 Å². The number of nitrogens with one attached hydrogen (secondary N) is 1. The maximum absolute atomic E-state index is 6.31. The van der Waals surface area contributed by atoms with Gasteiger partial charge in [-0.3, -0.25) is 0 Å². The molecule has 0 aliphatic heterocycles. The molecule has 2 heterocycles. The van der Waals surface area contributed by atoms with Crippen LogP contribution in [0.5, 0.6) is 5.75 Å². The van der Waals surface area contributed by atoms with Gasteiger partial charge in [0, 0.05) is 22.0 Å². The SMILES string of the molecule is COc1ccc2[nH]cc([C@@H](N)c3cccs3)c2c1.Cl. The van der Waals surface area contributed by atoms with Gasteiger partial charge in [0.05, 0.1) is 13.2 Å². The van der Waals surface area contributed by atoms with E-state index in [-0.39, 0.29) is 18.4 Å². The van der Waals surface area contributed by atoms with Gasteiger partial charge >= 0.3 is 0 Å². The number of nitrogens with two attached hydrogens (primary N) is 1. The van der Waals surface area contributed by atoms with Gasteiger partial charge in [0.1, 0.15) is 5.75 Å². The molecule has 0 radical (unpaired) electrons. The lowest BCUT2D eigenvalue weighted by molar-refractivity contribution is 0.415. The largest absolute Gasteiger partial charge is 0.497 e. The van der Waals surface area contributed by atoms with Gasteiger partial charge in [0.25, 0.3) is 0 Å². The summed E-state index contributed by atoms with van der Waals surface area (Å²) in [7, 11) is 1.67. The summed E-state index contributed by atoms with van der Waals surface area (Å²) in [5.41, 5.74) is 8.50. The van der Waals surface area contributed by atoms with Crippen LogP contribution >= 0.6 is 23.7 Å². The zero-order chi connectivity index (χ0) is 12.5. The Morgan fingerprint density at radius 2 is 2.16 bits per heavy atom. The molecule has 0 spiro atoms. The third kappa shape index (κ3) is 2.47. The van der Waals surface area contributed by atoms with Gasteiger partial charge in [0.15, 0.2) is 0 Å². The van der Waals surface area contributed by atoms with Crippen molar-refractivity contribution in [2.24, 2.45) is 5.73 Å². The lowest BCUT2D eigenvalue weighted by atomic mass is 10.1. The number of aromatic nitrogens is 1. The van der Waals surface area contributed by atoms with Gasteiger partial charge < -0.3 is 15.5 Å². The van der Waals surface area contributed by atoms with Crippen molar-refractivity contribution in [2.45, 2.75) is 6.04 Å². The predicted octanol–water partition coefficient (Wildman–Crippen LogP) is 3.71. The maximum Gasteiger partial charge on any atom is 0.119 e. The summed E-state index contributed by atoms with van der Waals surface area (Å²) in [5.74, 6) is 0.849. The van der Waals surface area contributed by atoms with Crippen LogP contribution in [0.2, 0.25) is 0 Å². The van der Waals surface area contributed by atoms with E-state index in [1.165, 1.54) is 4.88 Å². The van der Waals surface area contributed by atoms with Crippen molar-refractivity contribution in [2.75, 3.05) is 7.11 Å². The molecule has 1 aromatic carbocycles. The van der Waals surface area contributed by atoms with Crippen molar-refractivity contribution >= 4 is 34.6 Å². The highest BCUT2D eigenvalue weighted by Gasteiger charge is 2.14. The molecule has 2 aromatic heterocycles. The second-order valence-corrected chi connectivity index (χ2v) is 5.13. The normalized spacial score (nSPS) is 12.1. The number of thiophene rings is 1. The third-order valence-corrected chi connectivity index (χ3v) is 4.06. The van der Waals surface area contributed by atoms with Crippen LogP contribution in [0.4, 0.5) is 0 Å². The molecule has 0 amide bonds. The molecule has 0 aliphatic carbocycles. The fourth-order valence-corrected chi connectivity index (χ4v) is 2.87. The quantitative estimate of drug-likeness (QED) is 0.774. The Labute approximate surface area is 121 Å². The summed E-state index contributed by atoms with van der Waals surface area (Å²) in [6.07, 6.45) is 1.98. The Balaban J connectivity index is 0.00000133. The number of H-pyrrole nitrogens is 1.